The van der Waals surface area contributed by atoms with E-state index in [0.29, 0.717) is 0 Å². The maximum absolute atomic E-state index is 13.0. The molecule has 0 aromatic heterocycles. The molecule has 0 unspecified atom stereocenters. The summed E-state index contributed by atoms with van der Waals surface area (Å²) in [6.07, 6.45) is 4.41. The van der Waals surface area contributed by atoms with E-state index in [2.05, 4.69) is 16.0 Å². The van der Waals surface area contributed by atoms with Crippen LogP contribution in [0.3, 0.4) is 0 Å². The van der Waals surface area contributed by atoms with Crippen LogP contribution in [0.25, 0.3) is 0 Å². The molecule has 1 fully saturated rings. The number of hydrogen-bond donors (Lipinski definition) is 4. The number of hydrogen-bond acceptors (Lipinski definition) is 4. The van der Waals surface area contributed by atoms with Crippen molar-refractivity contribution in [1.29, 1.82) is 0 Å². The molecule has 34 heavy (non-hydrogen) atoms. The SMILES string of the molecule is O=C(Nc1cc(Cl)ccc1C(=O)N[C@H](C(=O)O)C1CCCCC1)Nc1c(Cl)cccc1Cl.[Li+].[OH-]. The third-order valence-corrected chi connectivity index (χ3v) is 6.21. The maximum atomic E-state index is 13.0. The minimum absolute atomic E-state index is 0. The average Bonchev–Trinajstić information content (AvgIpc) is 2.75. The van der Waals surface area contributed by atoms with Crippen LogP contribution in [-0.4, -0.2) is 34.5 Å². The van der Waals surface area contributed by atoms with Crippen LogP contribution < -0.4 is 34.8 Å². The number of urea groups is 1. The number of carbonyl (C=O) groups excluding carboxylic acids is 2. The molecule has 0 spiro atoms. The van der Waals surface area contributed by atoms with Crippen molar-refractivity contribution in [2.75, 3.05) is 10.6 Å². The molecule has 0 heterocycles. The Balaban J connectivity index is 0.00000289. The van der Waals surface area contributed by atoms with Gasteiger partial charge in [-0.05, 0) is 49.1 Å². The summed E-state index contributed by atoms with van der Waals surface area (Å²) in [4.78, 5) is 37.3. The number of para-hydroxylation sites is 1. The summed E-state index contributed by atoms with van der Waals surface area (Å²) in [5.74, 6) is -1.84. The Morgan fingerprint density at radius 3 is 2.15 bits per heavy atom. The third kappa shape index (κ3) is 7.81. The Bertz CT molecular complexity index is 1010. The van der Waals surface area contributed by atoms with Gasteiger partial charge in [0, 0.05) is 5.02 Å². The van der Waals surface area contributed by atoms with E-state index in [1.807, 2.05) is 0 Å². The van der Waals surface area contributed by atoms with Crippen molar-refractivity contribution in [1.82, 2.24) is 5.32 Å². The summed E-state index contributed by atoms with van der Waals surface area (Å²) in [6, 6.07) is 7.38. The van der Waals surface area contributed by atoms with Crippen LogP contribution in [0.2, 0.25) is 15.1 Å². The molecule has 1 saturated carbocycles. The van der Waals surface area contributed by atoms with Crippen LogP contribution in [0, 0.1) is 5.92 Å². The minimum Gasteiger partial charge on any atom is -0.870 e. The first-order valence-electron chi connectivity index (χ1n) is 10.1. The zero-order valence-electron chi connectivity index (χ0n) is 18.4. The van der Waals surface area contributed by atoms with Gasteiger partial charge in [0.15, 0.2) is 0 Å². The van der Waals surface area contributed by atoms with Gasteiger partial charge in [-0.1, -0.05) is 60.1 Å². The Morgan fingerprint density at radius 2 is 1.56 bits per heavy atom. The standard InChI is InChI=1S/C22H22Cl3N3O4.Li.H2O/c23-13-9-10-14(20(29)27-18(21(30)31)12-5-2-1-3-6-12)17(11-13)26-22(32)28-19-15(24)7-4-8-16(19)25;;/h4,7-12,18H,1-3,5-6H2,(H,27,29)(H,30,31)(H2,26,28,32);;1H2/q;+1;/p-1/t18-;;/m0../s1. The first-order chi connectivity index (χ1) is 15.3. The van der Waals surface area contributed by atoms with E-state index in [0.717, 1.165) is 32.1 Å². The van der Waals surface area contributed by atoms with Gasteiger partial charge in [-0.2, -0.15) is 0 Å². The van der Waals surface area contributed by atoms with Gasteiger partial charge in [-0.15, -0.1) is 0 Å². The molecule has 178 valence electrons. The number of carboxylic acids is 1. The topological polar surface area (TPSA) is 138 Å². The molecule has 12 heteroatoms. The second-order valence-electron chi connectivity index (χ2n) is 7.55. The van der Waals surface area contributed by atoms with E-state index in [1.54, 1.807) is 18.2 Å². The molecular weight excluding hydrogens is 500 g/mol. The fourth-order valence-electron chi connectivity index (χ4n) is 3.77. The van der Waals surface area contributed by atoms with Gasteiger partial charge in [0.1, 0.15) is 6.04 Å². The van der Waals surface area contributed by atoms with Crippen LogP contribution in [0.4, 0.5) is 16.2 Å². The van der Waals surface area contributed by atoms with Crippen molar-refractivity contribution in [3.05, 3.63) is 57.0 Å². The summed E-state index contributed by atoms with van der Waals surface area (Å²) in [5.41, 5.74) is 0.407. The fraction of sp³-hybridized carbons (Fsp3) is 0.318. The number of benzene rings is 2. The van der Waals surface area contributed by atoms with Crippen molar-refractivity contribution >= 4 is 64.1 Å². The molecule has 0 aliphatic heterocycles. The summed E-state index contributed by atoms with van der Waals surface area (Å²) < 4.78 is 0. The molecule has 3 rings (SSSR count). The number of amides is 3. The number of nitrogens with one attached hydrogen (secondary N) is 3. The van der Waals surface area contributed by atoms with Crippen LogP contribution in [0.5, 0.6) is 0 Å². The number of rotatable bonds is 6. The van der Waals surface area contributed by atoms with E-state index in [4.69, 9.17) is 34.8 Å². The predicted octanol–water partition coefficient (Wildman–Crippen LogP) is 2.88. The Morgan fingerprint density at radius 1 is 0.941 bits per heavy atom. The Labute approximate surface area is 224 Å². The first kappa shape index (κ1) is 30.1. The zero-order valence-corrected chi connectivity index (χ0v) is 20.7. The fourth-order valence-corrected chi connectivity index (χ4v) is 4.43. The predicted molar refractivity (Wildman–Crippen MR) is 128 cm³/mol. The maximum Gasteiger partial charge on any atom is 1.00 e. The van der Waals surface area contributed by atoms with Crippen molar-refractivity contribution in [3.63, 3.8) is 0 Å². The van der Waals surface area contributed by atoms with Crippen molar-refractivity contribution in [2.24, 2.45) is 5.92 Å². The van der Waals surface area contributed by atoms with Crippen molar-refractivity contribution < 1.29 is 43.8 Å². The number of carboxylic acid groups (broad SMARTS) is 1. The smallest absolute Gasteiger partial charge is 0.870 e. The molecule has 0 saturated heterocycles. The molecule has 0 radical (unpaired) electrons. The quantitative estimate of drug-likeness (QED) is 0.432. The van der Waals surface area contributed by atoms with Gasteiger partial charge >= 0.3 is 30.9 Å². The van der Waals surface area contributed by atoms with Gasteiger partial charge in [0.25, 0.3) is 5.91 Å². The molecule has 2 aromatic rings. The van der Waals surface area contributed by atoms with Gasteiger partial charge in [-0.25, -0.2) is 9.59 Å². The summed E-state index contributed by atoms with van der Waals surface area (Å²) in [6.45, 7) is 0. The largest absolute Gasteiger partial charge is 1.00 e. The van der Waals surface area contributed by atoms with E-state index in [9.17, 15) is 19.5 Å². The Hall–Kier alpha value is -1.92. The zero-order chi connectivity index (χ0) is 23.3. The summed E-state index contributed by atoms with van der Waals surface area (Å²) >= 11 is 18.2. The van der Waals surface area contributed by atoms with E-state index in [-0.39, 0.29) is 62.3 Å². The monoisotopic (exact) mass is 521 g/mol. The van der Waals surface area contributed by atoms with E-state index in [1.165, 1.54) is 18.2 Å². The van der Waals surface area contributed by atoms with Gasteiger partial charge in [0.2, 0.25) is 0 Å². The minimum atomic E-state index is -1.08. The first-order valence-corrected chi connectivity index (χ1v) is 11.2. The van der Waals surface area contributed by atoms with Gasteiger partial charge < -0.3 is 26.5 Å². The molecule has 1 aliphatic carbocycles. The van der Waals surface area contributed by atoms with Crippen LogP contribution in [0.15, 0.2) is 36.4 Å². The van der Waals surface area contributed by atoms with Crippen molar-refractivity contribution in [3.8, 4) is 0 Å². The molecule has 0 bridgehead atoms. The Kier molecular flexibility index (Phi) is 12.3. The summed E-state index contributed by atoms with van der Waals surface area (Å²) in [7, 11) is 0. The van der Waals surface area contributed by atoms with Gasteiger partial charge in [-0.3, -0.25) is 4.79 Å². The van der Waals surface area contributed by atoms with Crippen LogP contribution in [0.1, 0.15) is 42.5 Å². The molecule has 8 nitrogen and oxygen atoms in total. The molecule has 1 atom stereocenters. The number of anilines is 2. The van der Waals surface area contributed by atoms with Crippen molar-refractivity contribution in [2.45, 2.75) is 38.1 Å². The van der Waals surface area contributed by atoms with E-state index < -0.39 is 23.9 Å². The number of carbonyl (C=O) groups is 3. The number of aliphatic carboxylic acids is 1. The second-order valence-corrected chi connectivity index (χ2v) is 8.80. The van der Waals surface area contributed by atoms with E-state index >= 15 is 0 Å². The second kappa shape index (κ2) is 13.8. The number of halogens is 3. The molecule has 2 aromatic carbocycles. The molecule has 5 N–H and O–H groups in total. The molecule has 3 amide bonds. The van der Waals surface area contributed by atoms with Crippen LogP contribution in [-0.2, 0) is 4.79 Å². The molecular formula is C22H23Cl3LiN3O5. The van der Waals surface area contributed by atoms with Crippen LogP contribution >= 0.6 is 34.8 Å². The normalized spacial score (nSPS) is 14.1. The average molecular weight is 523 g/mol. The van der Waals surface area contributed by atoms with Gasteiger partial charge in [0.05, 0.1) is 27.0 Å². The molecule has 1 aliphatic rings. The summed E-state index contributed by atoms with van der Waals surface area (Å²) in [5, 5.41) is 18.1. The third-order valence-electron chi connectivity index (χ3n) is 5.35.